The van der Waals surface area contributed by atoms with E-state index in [-0.39, 0.29) is 17.5 Å². The summed E-state index contributed by atoms with van der Waals surface area (Å²) in [5, 5.41) is 22.1. The SMILES string of the molecule is O=C(O)c1c(O)cnn1CC1CCCCO1. The summed E-state index contributed by atoms with van der Waals surface area (Å²) in [5.74, 6) is -1.48. The number of aromatic hydroxyl groups is 1. The Morgan fingerprint density at radius 3 is 3.06 bits per heavy atom. The van der Waals surface area contributed by atoms with E-state index in [1.807, 2.05) is 0 Å². The van der Waals surface area contributed by atoms with Crippen LogP contribution in [0.4, 0.5) is 0 Å². The van der Waals surface area contributed by atoms with Crippen LogP contribution >= 0.6 is 0 Å². The molecule has 1 aliphatic heterocycles. The molecule has 1 unspecified atom stereocenters. The maximum Gasteiger partial charge on any atom is 0.358 e. The van der Waals surface area contributed by atoms with Crippen molar-refractivity contribution >= 4 is 5.97 Å². The molecule has 0 aromatic carbocycles. The molecule has 2 rings (SSSR count). The van der Waals surface area contributed by atoms with Crippen molar-refractivity contribution in [2.75, 3.05) is 6.61 Å². The summed E-state index contributed by atoms with van der Waals surface area (Å²) < 4.78 is 6.78. The van der Waals surface area contributed by atoms with Crippen LogP contribution in [0.15, 0.2) is 6.20 Å². The van der Waals surface area contributed by atoms with Crippen molar-refractivity contribution in [3.05, 3.63) is 11.9 Å². The van der Waals surface area contributed by atoms with Gasteiger partial charge < -0.3 is 14.9 Å². The Kier molecular flexibility index (Phi) is 3.09. The normalized spacial score (nSPS) is 20.9. The fourth-order valence-electron chi connectivity index (χ4n) is 1.88. The van der Waals surface area contributed by atoms with Crippen molar-refractivity contribution in [3.63, 3.8) is 0 Å². The molecule has 1 fully saturated rings. The number of carboxylic acids is 1. The Balaban J connectivity index is 2.11. The lowest BCUT2D eigenvalue weighted by Crippen LogP contribution is -2.26. The van der Waals surface area contributed by atoms with E-state index in [1.54, 1.807) is 0 Å². The number of aromatic carboxylic acids is 1. The summed E-state index contributed by atoms with van der Waals surface area (Å²) >= 11 is 0. The Bertz CT molecular complexity index is 382. The lowest BCUT2D eigenvalue weighted by atomic mass is 10.1. The molecule has 88 valence electrons. The van der Waals surface area contributed by atoms with E-state index in [0.29, 0.717) is 13.2 Å². The average Bonchev–Trinajstić information content (AvgIpc) is 2.61. The molecule has 0 radical (unpaired) electrons. The standard InChI is InChI=1S/C10H14N2O4/c13-8-5-11-12(9(8)10(14)15)6-7-3-1-2-4-16-7/h5,7,13H,1-4,6H2,(H,14,15). The highest BCUT2D eigenvalue weighted by Gasteiger charge is 2.21. The molecule has 0 aliphatic carbocycles. The number of hydrogen-bond acceptors (Lipinski definition) is 4. The van der Waals surface area contributed by atoms with Gasteiger partial charge in [-0.3, -0.25) is 4.68 Å². The van der Waals surface area contributed by atoms with Crippen molar-refractivity contribution in [2.24, 2.45) is 0 Å². The third-order valence-electron chi connectivity index (χ3n) is 2.67. The molecule has 6 heteroatoms. The second-order valence-electron chi connectivity index (χ2n) is 3.85. The van der Waals surface area contributed by atoms with E-state index >= 15 is 0 Å². The van der Waals surface area contributed by atoms with Crippen molar-refractivity contribution in [1.29, 1.82) is 0 Å². The van der Waals surface area contributed by atoms with Crippen LogP contribution in [0.2, 0.25) is 0 Å². The van der Waals surface area contributed by atoms with Gasteiger partial charge in [0.2, 0.25) is 0 Å². The largest absolute Gasteiger partial charge is 0.504 e. The van der Waals surface area contributed by atoms with Crippen LogP contribution in [0.3, 0.4) is 0 Å². The quantitative estimate of drug-likeness (QED) is 0.798. The molecule has 16 heavy (non-hydrogen) atoms. The molecule has 1 aromatic heterocycles. The number of nitrogens with zero attached hydrogens (tertiary/aromatic N) is 2. The zero-order valence-corrected chi connectivity index (χ0v) is 8.80. The second-order valence-corrected chi connectivity index (χ2v) is 3.85. The minimum atomic E-state index is -1.18. The zero-order chi connectivity index (χ0) is 11.5. The zero-order valence-electron chi connectivity index (χ0n) is 8.80. The van der Waals surface area contributed by atoms with Crippen molar-refractivity contribution in [3.8, 4) is 5.75 Å². The highest BCUT2D eigenvalue weighted by atomic mass is 16.5. The van der Waals surface area contributed by atoms with Gasteiger partial charge in [-0.15, -0.1) is 0 Å². The smallest absolute Gasteiger partial charge is 0.358 e. The topological polar surface area (TPSA) is 84.6 Å². The first-order chi connectivity index (χ1) is 7.68. The second kappa shape index (κ2) is 4.52. The number of rotatable bonds is 3. The van der Waals surface area contributed by atoms with Gasteiger partial charge >= 0.3 is 5.97 Å². The Hall–Kier alpha value is -1.56. The van der Waals surface area contributed by atoms with Gasteiger partial charge in [0.1, 0.15) is 0 Å². The number of aromatic nitrogens is 2. The fraction of sp³-hybridized carbons (Fsp3) is 0.600. The van der Waals surface area contributed by atoms with Crippen LogP contribution in [0.1, 0.15) is 29.8 Å². The van der Waals surface area contributed by atoms with E-state index in [1.165, 1.54) is 4.68 Å². The van der Waals surface area contributed by atoms with Crippen LogP contribution < -0.4 is 0 Å². The van der Waals surface area contributed by atoms with Gasteiger partial charge in [0, 0.05) is 6.61 Å². The van der Waals surface area contributed by atoms with E-state index in [0.717, 1.165) is 25.5 Å². The Morgan fingerprint density at radius 2 is 2.44 bits per heavy atom. The monoisotopic (exact) mass is 226 g/mol. The maximum atomic E-state index is 10.9. The summed E-state index contributed by atoms with van der Waals surface area (Å²) in [7, 11) is 0. The Labute approximate surface area is 92.5 Å². The predicted octanol–water partition coefficient (Wildman–Crippen LogP) is 0.856. The summed E-state index contributed by atoms with van der Waals surface area (Å²) in [6.45, 7) is 1.09. The van der Waals surface area contributed by atoms with Crippen molar-refractivity contribution in [2.45, 2.75) is 31.9 Å². The molecule has 0 saturated carbocycles. The molecular weight excluding hydrogens is 212 g/mol. The molecular formula is C10H14N2O4. The Morgan fingerprint density at radius 1 is 1.62 bits per heavy atom. The lowest BCUT2D eigenvalue weighted by molar-refractivity contribution is 0.00327. The van der Waals surface area contributed by atoms with E-state index in [9.17, 15) is 9.90 Å². The van der Waals surface area contributed by atoms with E-state index in [4.69, 9.17) is 9.84 Å². The number of ether oxygens (including phenoxy) is 1. The van der Waals surface area contributed by atoms with Gasteiger partial charge in [-0.2, -0.15) is 5.10 Å². The summed E-state index contributed by atoms with van der Waals surface area (Å²) in [6.07, 6.45) is 4.17. The lowest BCUT2D eigenvalue weighted by Gasteiger charge is -2.22. The highest BCUT2D eigenvalue weighted by molar-refractivity contribution is 5.88. The van der Waals surface area contributed by atoms with Gasteiger partial charge in [-0.25, -0.2) is 4.79 Å². The van der Waals surface area contributed by atoms with Crippen LogP contribution in [-0.4, -0.2) is 38.7 Å². The summed E-state index contributed by atoms with van der Waals surface area (Å²) in [5.41, 5.74) is -0.172. The molecule has 6 nitrogen and oxygen atoms in total. The van der Waals surface area contributed by atoms with Gasteiger partial charge in [0.25, 0.3) is 0 Å². The van der Waals surface area contributed by atoms with Gasteiger partial charge in [0.15, 0.2) is 11.4 Å². The molecule has 0 amide bonds. The molecule has 1 saturated heterocycles. The van der Waals surface area contributed by atoms with Crippen LogP contribution in [-0.2, 0) is 11.3 Å². The summed E-state index contributed by atoms with van der Waals surface area (Å²) in [4.78, 5) is 10.9. The third-order valence-corrected chi connectivity index (χ3v) is 2.67. The first-order valence-corrected chi connectivity index (χ1v) is 5.28. The van der Waals surface area contributed by atoms with Crippen LogP contribution in [0.5, 0.6) is 5.75 Å². The first-order valence-electron chi connectivity index (χ1n) is 5.28. The van der Waals surface area contributed by atoms with E-state index in [2.05, 4.69) is 5.10 Å². The van der Waals surface area contributed by atoms with Crippen LogP contribution in [0, 0.1) is 0 Å². The third kappa shape index (κ3) is 2.16. The van der Waals surface area contributed by atoms with Crippen LogP contribution in [0.25, 0.3) is 0 Å². The maximum absolute atomic E-state index is 10.9. The minimum absolute atomic E-state index is 0.00819. The number of carbonyl (C=O) groups is 1. The first kappa shape index (κ1) is 10.9. The molecule has 1 aliphatic rings. The molecule has 2 heterocycles. The molecule has 1 atom stereocenters. The fourth-order valence-corrected chi connectivity index (χ4v) is 1.88. The number of hydrogen-bond donors (Lipinski definition) is 2. The predicted molar refractivity (Wildman–Crippen MR) is 54.4 cm³/mol. The molecule has 0 bridgehead atoms. The van der Waals surface area contributed by atoms with Gasteiger partial charge in [-0.1, -0.05) is 0 Å². The molecule has 0 spiro atoms. The molecule has 1 aromatic rings. The minimum Gasteiger partial charge on any atom is -0.504 e. The molecule has 2 N–H and O–H groups in total. The van der Waals surface area contributed by atoms with Gasteiger partial charge in [-0.05, 0) is 19.3 Å². The summed E-state index contributed by atoms with van der Waals surface area (Å²) in [6, 6.07) is 0. The number of carboxylic acid groups (broad SMARTS) is 1. The average molecular weight is 226 g/mol. The van der Waals surface area contributed by atoms with Crippen molar-refractivity contribution in [1.82, 2.24) is 9.78 Å². The highest BCUT2D eigenvalue weighted by Crippen LogP contribution is 2.19. The van der Waals surface area contributed by atoms with Crippen molar-refractivity contribution < 1.29 is 19.7 Å². The van der Waals surface area contributed by atoms with Gasteiger partial charge in [0.05, 0.1) is 18.8 Å². The van der Waals surface area contributed by atoms with E-state index < -0.39 is 5.97 Å².